The Morgan fingerprint density at radius 1 is 1.40 bits per heavy atom. The molecule has 156 valence electrons. The van der Waals surface area contributed by atoms with Gasteiger partial charge in [-0.25, -0.2) is 14.4 Å². The van der Waals surface area contributed by atoms with Gasteiger partial charge in [-0.1, -0.05) is 0 Å². The van der Waals surface area contributed by atoms with Crippen LogP contribution in [0.25, 0.3) is 0 Å². The Kier molecular flexibility index (Phi) is 5.22. The number of pyridine rings is 1. The summed E-state index contributed by atoms with van der Waals surface area (Å²) >= 11 is 0. The summed E-state index contributed by atoms with van der Waals surface area (Å²) in [4.78, 5) is 19.5. The number of ether oxygens (including phenoxy) is 1. The van der Waals surface area contributed by atoms with Gasteiger partial charge in [0.1, 0.15) is 28.9 Å². The number of nitrogens with zero attached hydrogens (tertiary/aromatic N) is 3. The summed E-state index contributed by atoms with van der Waals surface area (Å²) in [5, 5.41) is 11.0. The minimum atomic E-state index is -4.68. The number of alkyl halides is 3. The Morgan fingerprint density at radius 2 is 2.13 bits per heavy atom. The number of halogens is 4. The fourth-order valence-corrected chi connectivity index (χ4v) is 2.74. The van der Waals surface area contributed by atoms with E-state index in [1.54, 1.807) is 0 Å². The molecule has 0 bridgehead atoms. The lowest BCUT2D eigenvalue weighted by molar-refractivity contribution is -0.204. The normalized spacial score (nSPS) is 23.8. The molecule has 0 radical (unpaired) electrons. The van der Waals surface area contributed by atoms with Gasteiger partial charge in [0.15, 0.2) is 6.10 Å². The van der Waals surface area contributed by atoms with Crippen molar-refractivity contribution in [2.75, 3.05) is 0 Å². The molecule has 1 aromatic heterocycles. The number of amides is 1. The van der Waals surface area contributed by atoms with E-state index in [0.29, 0.717) is 0 Å². The first-order valence-electron chi connectivity index (χ1n) is 8.37. The molecule has 3 rings (SSSR count). The molecule has 1 amide bonds. The molecular weight excluding hydrogens is 408 g/mol. The Bertz CT molecular complexity index is 1040. The third-order valence-corrected chi connectivity index (χ3v) is 4.25. The lowest BCUT2D eigenvalue weighted by Crippen LogP contribution is -2.44. The van der Waals surface area contributed by atoms with Gasteiger partial charge in [-0.05, 0) is 30.4 Å². The van der Waals surface area contributed by atoms with Crippen molar-refractivity contribution in [2.45, 2.75) is 24.2 Å². The molecule has 2 heterocycles. The largest absolute Gasteiger partial charge is 0.452 e. The van der Waals surface area contributed by atoms with Gasteiger partial charge in [-0.15, -0.1) is 0 Å². The molecule has 1 spiro atoms. The average Bonchev–Trinajstić information content (AvgIpc) is 3.37. The summed E-state index contributed by atoms with van der Waals surface area (Å²) < 4.78 is 57.6. The van der Waals surface area contributed by atoms with Crippen LogP contribution < -0.4 is 16.8 Å². The van der Waals surface area contributed by atoms with Crippen LogP contribution in [0.2, 0.25) is 0 Å². The van der Waals surface area contributed by atoms with Gasteiger partial charge in [0.05, 0.1) is 5.56 Å². The maximum atomic E-state index is 14.4. The number of rotatable bonds is 4. The number of amidine groups is 1. The van der Waals surface area contributed by atoms with Gasteiger partial charge in [-0.2, -0.15) is 18.4 Å². The number of aliphatic imine (C=N–C) groups is 1. The highest BCUT2D eigenvalue weighted by molar-refractivity contribution is 5.93. The van der Waals surface area contributed by atoms with Crippen molar-refractivity contribution in [1.82, 2.24) is 10.3 Å². The van der Waals surface area contributed by atoms with E-state index in [1.807, 2.05) is 6.07 Å². The SMILES string of the molecule is N#Cc1ccc(C(=O)N/C(N)=C/C=C(/F)C2=CC23CC(C(F)(F)F)OC(N)=N3)nc1. The van der Waals surface area contributed by atoms with Gasteiger partial charge in [0.25, 0.3) is 11.9 Å². The second-order valence-electron chi connectivity index (χ2n) is 6.42. The van der Waals surface area contributed by atoms with Crippen LogP contribution in [-0.4, -0.2) is 34.7 Å². The number of nitrogens with two attached hydrogens (primary N) is 2. The predicted octanol–water partition coefficient (Wildman–Crippen LogP) is 1.68. The fourth-order valence-electron chi connectivity index (χ4n) is 2.74. The lowest BCUT2D eigenvalue weighted by atomic mass is 10.0. The molecule has 2 aliphatic rings. The van der Waals surface area contributed by atoms with Gasteiger partial charge in [0.2, 0.25) is 0 Å². The number of carbonyl (C=O) groups is 1. The Morgan fingerprint density at radius 3 is 2.73 bits per heavy atom. The first-order valence-corrected chi connectivity index (χ1v) is 8.37. The van der Waals surface area contributed by atoms with Crippen molar-refractivity contribution in [3.63, 3.8) is 0 Å². The molecule has 0 aromatic carbocycles. The molecule has 2 atom stereocenters. The number of nitriles is 1. The van der Waals surface area contributed by atoms with Gasteiger partial charge < -0.3 is 21.5 Å². The van der Waals surface area contributed by atoms with Gasteiger partial charge >= 0.3 is 6.18 Å². The first-order chi connectivity index (χ1) is 14.0. The van der Waals surface area contributed by atoms with Crippen molar-refractivity contribution in [1.29, 1.82) is 5.26 Å². The Labute approximate surface area is 167 Å². The number of hydrogen-bond acceptors (Lipinski definition) is 7. The molecule has 1 aromatic rings. The van der Waals surface area contributed by atoms with E-state index in [1.165, 1.54) is 24.4 Å². The van der Waals surface area contributed by atoms with Crippen molar-refractivity contribution >= 4 is 11.9 Å². The number of aromatic nitrogens is 1. The van der Waals surface area contributed by atoms with Crippen molar-refractivity contribution in [3.05, 3.63) is 65.0 Å². The zero-order valence-electron chi connectivity index (χ0n) is 15.1. The van der Waals surface area contributed by atoms with Gasteiger partial charge in [0, 0.05) is 18.2 Å². The number of nitrogens with one attached hydrogen (secondary N) is 1. The van der Waals surface area contributed by atoms with Crippen LogP contribution in [-0.2, 0) is 4.74 Å². The summed E-state index contributed by atoms with van der Waals surface area (Å²) in [6.45, 7) is 0. The average molecular weight is 422 g/mol. The van der Waals surface area contributed by atoms with E-state index in [4.69, 9.17) is 16.7 Å². The maximum Gasteiger partial charge on any atom is 0.425 e. The molecule has 1 aliphatic heterocycles. The molecule has 1 aliphatic carbocycles. The maximum absolute atomic E-state index is 14.4. The fraction of sp³-hybridized carbons (Fsp3) is 0.222. The van der Waals surface area contributed by atoms with Crippen LogP contribution in [0, 0.1) is 11.3 Å². The summed E-state index contributed by atoms with van der Waals surface area (Å²) in [6, 6.07) is 3.86. The molecular formula is C18H14F4N6O2. The van der Waals surface area contributed by atoms with Crippen LogP contribution in [0.15, 0.2) is 58.8 Å². The first kappa shape index (κ1) is 20.8. The zero-order chi connectivity index (χ0) is 22.1. The molecule has 0 saturated heterocycles. The van der Waals surface area contributed by atoms with Crippen LogP contribution in [0.4, 0.5) is 17.6 Å². The molecule has 5 N–H and O–H groups in total. The number of allylic oxidation sites excluding steroid dienone is 2. The van der Waals surface area contributed by atoms with E-state index in [9.17, 15) is 22.4 Å². The monoisotopic (exact) mass is 422 g/mol. The van der Waals surface area contributed by atoms with E-state index in [2.05, 4.69) is 20.0 Å². The van der Waals surface area contributed by atoms with Crippen molar-refractivity contribution in [2.24, 2.45) is 16.5 Å². The minimum Gasteiger partial charge on any atom is -0.452 e. The predicted molar refractivity (Wildman–Crippen MR) is 95.9 cm³/mol. The molecule has 0 saturated carbocycles. The van der Waals surface area contributed by atoms with Crippen LogP contribution in [0.1, 0.15) is 22.5 Å². The summed E-state index contributed by atoms with van der Waals surface area (Å²) in [5.74, 6) is -1.82. The van der Waals surface area contributed by atoms with Crippen molar-refractivity contribution in [3.8, 4) is 6.07 Å². The molecule has 12 heteroatoms. The lowest BCUT2D eigenvalue weighted by Gasteiger charge is -2.29. The third kappa shape index (κ3) is 4.40. The standard InChI is InChI=1S/C18H14F4N6O2/c19-11(10-5-17(10)6-13(18(20,21)22)30-16(25)28-17)2-4-14(24)27-15(29)12-3-1-9(7-23)8-26-12/h1-5,8,13H,6,24H2,(H2,25,28)(H,27,29)/b11-2+,14-4+. The zero-order valence-corrected chi connectivity index (χ0v) is 15.1. The van der Waals surface area contributed by atoms with Crippen molar-refractivity contribution < 1.29 is 27.1 Å². The molecule has 30 heavy (non-hydrogen) atoms. The highest BCUT2D eigenvalue weighted by atomic mass is 19.4. The Hall–Kier alpha value is -3.88. The molecule has 8 nitrogen and oxygen atoms in total. The Balaban J connectivity index is 1.65. The highest BCUT2D eigenvalue weighted by Crippen LogP contribution is 2.51. The van der Waals surface area contributed by atoms with E-state index >= 15 is 0 Å². The summed E-state index contributed by atoms with van der Waals surface area (Å²) in [6.07, 6.45) is -3.20. The van der Waals surface area contributed by atoms with Gasteiger partial charge in [-0.3, -0.25) is 4.79 Å². The summed E-state index contributed by atoms with van der Waals surface area (Å²) in [5.41, 5.74) is 9.54. The van der Waals surface area contributed by atoms with E-state index in [-0.39, 0.29) is 22.7 Å². The second kappa shape index (κ2) is 7.51. The highest BCUT2D eigenvalue weighted by Gasteiger charge is 2.57. The van der Waals surface area contributed by atoms with Crippen LogP contribution in [0.3, 0.4) is 0 Å². The van der Waals surface area contributed by atoms with Crippen LogP contribution >= 0.6 is 0 Å². The number of carbonyl (C=O) groups excluding carboxylic acids is 1. The van der Waals surface area contributed by atoms with E-state index in [0.717, 1.165) is 12.2 Å². The summed E-state index contributed by atoms with van der Waals surface area (Å²) in [7, 11) is 0. The quantitative estimate of drug-likeness (QED) is 0.498. The molecule has 0 fully saturated rings. The molecule has 2 unspecified atom stereocenters. The third-order valence-electron chi connectivity index (χ3n) is 4.25. The number of hydrogen-bond donors (Lipinski definition) is 3. The topological polar surface area (TPSA) is 139 Å². The smallest absolute Gasteiger partial charge is 0.425 e. The van der Waals surface area contributed by atoms with E-state index < -0.39 is 42.0 Å². The second-order valence-corrected chi connectivity index (χ2v) is 6.42. The van der Waals surface area contributed by atoms with Crippen LogP contribution in [0.5, 0.6) is 0 Å². The minimum absolute atomic E-state index is 0.0242.